The number of hydrogen-bond donors (Lipinski definition) is 1. The predicted octanol–water partition coefficient (Wildman–Crippen LogP) is 4.62. The van der Waals surface area contributed by atoms with E-state index >= 15 is 0 Å². The number of carbonyl (C=O) groups excluding carboxylic acids is 1. The van der Waals surface area contributed by atoms with Gasteiger partial charge in [0.2, 0.25) is 5.91 Å². The van der Waals surface area contributed by atoms with Crippen molar-refractivity contribution in [3.05, 3.63) is 59.5 Å². The third kappa shape index (κ3) is 4.63. The Morgan fingerprint density at radius 2 is 2.00 bits per heavy atom. The van der Waals surface area contributed by atoms with E-state index in [9.17, 15) is 13.6 Å². The van der Waals surface area contributed by atoms with Crippen LogP contribution in [-0.2, 0) is 11.8 Å². The number of rotatable bonds is 7. The molecule has 0 saturated carbocycles. The summed E-state index contributed by atoms with van der Waals surface area (Å²) in [5, 5.41) is 13.4. The smallest absolute Gasteiger partial charge is 0.236 e. The van der Waals surface area contributed by atoms with Gasteiger partial charge >= 0.3 is 0 Å². The van der Waals surface area contributed by atoms with Gasteiger partial charge < -0.3 is 14.6 Å². The molecule has 0 aliphatic rings. The zero-order valence-electron chi connectivity index (χ0n) is 17.0. The maximum Gasteiger partial charge on any atom is 0.236 e. The molecular weight excluding hydrogens is 456 g/mol. The second-order valence-electron chi connectivity index (χ2n) is 6.56. The van der Waals surface area contributed by atoms with Crippen LogP contribution < -0.4 is 10.1 Å². The van der Waals surface area contributed by atoms with E-state index in [2.05, 4.69) is 20.5 Å². The second kappa shape index (κ2) is 9.45. The maximum absolute atomic E-state index is 13.9. The van der Waals surface area contributed by atoms with Gasteiger partial charge in [-0.1, -0.05) is 23.9 Å². The summed E-state index contributed by atoms with van der Waals surface area (Å²) in [6.45, 7) is 0. The van der Waals surface area contributed by atoms with Gasteiger partial charge in [0.25, 0.3) is 0 Å². The molecule has 0 aliphatic heterocycles. The molecule has 2 aromatic carbocycles. The first-order valence-corrected chi connectivity index (χ1v) is 11.2. The van der Waals surface area contributed by atoms with Gasteiger partial charge in [-0.15, -0.1) is 21.5 Å². The molecule has 4 rings (SSSR count). The lowest BCUT2D eigenvalue weighted by atomic mass is 10.1. The van der Waals surface area contributed by atoms with Gasteiger partial charge in [0.15, 0.2) is 16.1 Å². The van der Waals surface area contributed by atoms with Crippen LogP contribution >= 0.6 is 23.1 Å². The number of amides is 1. The van der Waals surface area contributed by atoms with Crippen molar-refractivity contribution < 1.29 is 18.3 Å². The summed E-state index contributed by atoms with van der Waals surface area (Å²) < 4.78 is 34.5. The number of ether oxygens (including phenoxy) is 1. The maximum atomic E-state index is 13.9. The van der Waals surface area contributed by atoms with Crippen molar-refractivity contribution in [3.8, 4) is 28.4 Å². The highest BCUT2D eigenvalue weighted by Crippen LogP contribution is 2.30. The lowest BCUT2D eigenvalue weighted by Gasteiger charge is -2.08. The Bertz CT molecular complexity index is 1270. The van der Waals surface area contributed by atoms with E-state index in [4.69, 9.17) is 4.74 Å². The SMILES string of the molecule is COc1ccccc1-c1nnc(SCC(=O)Nc2nc(-c3cc(F)ccc3F)cs2)n1C. The molecule has 0 saturated heterocycles. The number of thiazole rings is 1. The normalized spacial score (nSPS) is 10.9. The fourth-order valence-corrected chi connectivity index (χ4v) is 4.38. The Morgan fingerprint density at radius 1 is 1.19 bits per heavy atom. The highest BCUT2D eigenvalue weighted by atomic mass is 32.2. The minimum Gasteiger partial charge on any atom is -0.496 e. The van der Waals surface area contributed by atoms with Crippen molar-refractivity contribution in [1.29, 1.82) is 0 Å². The molecule has 0 atom stereocenters. The van der Waals surface area contributed by atoms with Crippen molar-refractivity contribution in [2.45, 2.75) is 5.16 Å². The molecule has 1 amide bonds. The van der Waals surface area contributed by atoms with Crippen molar-refractivity contribution in [1.82, 2.24) is 19.7 Å². The van der Waals surface area contributed by atoms with Gasteiger partial charge in [-0.3, -0.25) is 4.79 Å². The van der Waals surface area contributed by atoms with Crippen LogP contribution in [0, 0.1) is 11.6 Å². The molecule has 0 aliphatic carbocycles. The number of methoxy groups -OCH3 is 1. The Balaban J connectivity index is 1.41. The average molecular weight is 474 g/mol. The summed E-state index contributed by atoms with van der Waals surface area (Å²) in [6.07, 6.45) is 0. The van der Waals surface area contributed by atoms with E-state index in [0.717, 1.165) is 35.1 Å². The van der Waals surface area contributed by atoms with Gasteiger partial charge in [-0.05, 0) is 30.3 Å². The first kappa shape index (κ1) is 21.9. The quantitative estimate of drug-likeness (QED) is 0.395. The van der Waals surface area contributed by atoms with Crippen molar-refractivity contribution in [2.24, 2.45) is 7.05 Å². The number of benzene rings is 2. The summed E-state index contributed by atoms with van der Waals surface area (Å²) >= 11 is 2.34. The Labute approximate surface area is 190 Å². The molecule has 4 aromatic rings. The highest BCUT2D eigenvalue weighted by molar-refractivity contribution is 7.99. The minimum absolute atomic E-state index is 0.0408. The zero-order valence-corrected chi connectivity index (χ0v) is 18.6. The summed E-state index contributed by atoms with van der Waals surface area (Å²) in [5.41, 5.74) is 1.09. The third-order valence-electron chi connectivity index (χ3n) is 4.47. The predicted molar refractivity (Wildman–Crippen MR) is 120 cm³/mol. The second-order valence-corrected chi connectivity index (χ2v) is 8.37. The van der Waals surface area contributed by atoms with E-state index < -0.39 is 11.6 Å². The van der Waals surface area contributed by atoms with E-state index in [0.29, 0.717) is 21.9 Å². The van der Waals surface area contributed by atoms with E-state index in [-0.39, 0.29) is 22.9 Å². The lowest BCUT2D eigenvalue weighted by Crippen LogP contribution is -2.14. The number of anilines is 1. The number of hydrogen-bond acceptors (Lipinski definition) is 7. The number of thioether (sulfide) groups is 1. The van der Waals surface area contributed by atoms with Crippen LogP contribution in [0.1, 0.15) is 0 Å². The number of nitrogens with zero attached hydrogens (tertiary/aromatic N) is 4. The largest absolute Gasteiger partial charge is 0.496 e. The van der Waals surface area contributed by atoms with E-state index in [1.807, 2.05) is 31.3 Å². The number of carbonyl (C=O) groups is 1. The summed E-state index contributed by atoms with van der Waals surface area (Å²) in [6, 6.07) is 10.6. The number of para-hydroxylation sites is 1. The van der Waals surface area contributed by atoms with Gasteiger partial charge in [0.1, 0.15) is 17.4 Å². The Morgan fingerprint density at radius 3 is 2.81 bits per heavy atom. The molecule has 0 bridgehead atoms. The molecule has 2 aromatic heterocycles. The van der Waals surface area contributed by atoms with Gasteiger partial charge in [0, 0.05) is 18.0 Å². The number of halogens is 2. The Hall–Kier alpha value is -3.31. The summed E-state index contributed by atoms with van der Waals surface area (Å²) in [4.78, 5) is 16.5. The fraction of sp³-hybridized carbons (Fsp3) is 0.143. The monoisotopic (exact) mass is 473 g/mol. The standard InChI is InChI=1S/C21H17F2N5O2S2/c1-28-19(13-5-3-4-6-17(13)30-2)26-27-21(28)32-11-18(29)25-20-24-16(10-31-20)14-9-12(22)7-8-15(14)23/h3-10H,11H2,1-2H3,(H,24,25,29). The van der Waals surface area contributed by atoms with Crippen LogP contribution in [0.2, 0.25) is 0 Å². The summed E-state index contributed by atoms with van der Waals surface area (Å²) in [7, 11) is 3.39. The Kier molecular flexibility index (Phi) is 6.47. The molecule has 0 spiro atoms. The highest BCUT2D eigenvalue weighted by Gasteiger charge is 2.17. The first-order chi connectivity index (χ1) is 15.5. The van der Waals surface area contributed by atoms with Gasteiger partial charge in [0.05, 0.1) is 24.1 Å². The number of aromatic nitrogens is 4. The molecule has 0 unspecified atom stereocenters. The van der Waals surface area contributed by atoms with Crippen LogP contribution in [0.15, 0.2) is 53.0 Å². The van der Waals surface area contributed by atoms with Crippen LogP contribution in [-0.4, -0.2) is 38.5 Å². The van der Waals surface area contributed by atoms with Crippen LogP contribution in [0.25, 0.3) is 22.6 Å². The average Bonchev–Trinajstić information content (AvgIpc) is 3.40. The van der Waals surface area contributed by atoms with Crippen LogP contribution in [0.4, 0.5) is 13.9 Å². The van der Waals surface area contributed by atoms with E-state index in [1.54, 1.807) is 17.1 Å². The molecule has 2 heterocycles. The first-order valence-electron chi connectivity index (χ1n) is 9.32. The third-order valence-corrected chi connectivity index (χ3v) is 6.25. The summed E-state index contributed by atoms with van der Waals surface area (Å²) in [5.74, 6) is -0.0943. The molecule has 7 nitrogen and oxygen atoms in total. The van der Waals surface area contributed by atoms with Crippen molar-refractivity contribution in [2.75, 3.05) is 18.2 Å². The van der Waals surface area contributed by atoms with Crippen LogP contribution in [0.3, 0.4) is 0 Å². The molecule has 0 radical (unpaired) electrons. The van der Waals surface area contributed by atoms with Crippen molar-refractivity contribution in [3.63, 3.8) is 0 Å². The van der Waals surface area contributed by atoms with Gasteiger partial charge in [-0.25, -0.2) is 13.8 Å². The zero-order chi connectivity index (χ0) is 22.7. The lowest BCUT2D eigenvalue weighted by molar-refractivity contribution is -0.113. The molecule has 1 N–H and O–H groups in total. The molecule has 0 fully saturated rings. The molecular formula is C21H17F2N5O2S2. The van der Waals surface area contributed by atoms with Gasteiger partial charge in [-0.2, -0.15) is 0 Å². The topological polar surface area (TPSA) is 81.9 Å². The number of nitrogens with one attached hydrogen (secondary N) is 1. The van der Waals surface area contributed by atoms with Crippen LogP contribution in [0.5, 0.6) is 5.75 Å². The fourth-order valence-electron chi connectivity index (χ4n) is 2.94. The molecule has 11 heteroatoms. The minimum atomic E-state index is -0.585. The van der Waals surface area contributed by atoms with Crippen molar-refractivity contribution >= 4 is 34.1 Å². The molecule has 32 heavy (non-hydrogen) atoms. The molecule has 164 valence electrons. The van der Waals surface area contributed by atoms with E-state index in [1.165, 1.54) is 11.8 Å².